The van der Waals surface area contributed by atoms with Crippen molar-refractivity contribution in [2.24, 2.45) is 14.1 Å². The van der Waals surface area contributed by atoms with Gasteiger partial charge in [0.05, 0.1) is 0 Å². The SMILES string of the molecule is Cn1ccnc1Sc1cc(Oc2ccc([P+](=O)[O-])cc2)cc(C(=O)Nc2nccs2)c1.Cn1ccnc1Sc1cc(Oc2ccc([P+](=O)[O-])cc2)cc(C(=O)Nc2nccs2)c1.[Na+].[Na+]. The minimum absolute atomic E-state index is 0. The van der Waals surface area contributed by atoms with Crippen LogP contribution in [-0.4, -0.2) is 40.9 Å². The number of imidazole rings is 2. The van der Waals surface area contributed by atoms with Crippen LogP contribution in [0.1, 0.15) is 20.7 Å². The molecule has 64 heavy (non-hydrogen) atoms. The van der Waals surface area contributed by atoms with Gasteiger partial charge in [0.25, 0.3) is 11.8 Å². The fourth-order valence-electron chi connectivity index (χ4n) is 5.21. The zero-order chi connectivity index (χ0) is 43.6. The first-order chi connectivity index (χ1) is 29.9. The van der Waals surface area contributed by atoms with Crippen molar-refractivity contribution in [3.63, 3.8) is 0 Å². The molecular formula is C40H30N8Na2O8P2S4+2. The molecule has 0 aliphatic rings. The van der Waals surface area contributed by atoms with Crippen molar-refractivity contribution in [1.29, 1.82) is 0 Å². The predicted octanol–water partition coefficient (Wildman–Crippen LogP) is 1.61. The summed E-state index contributed by atoms with van der Waals surface area (Å²) in [6, 6.07) is 22.4. The maximum Gasteiger partial charge on any atom is 1.00 e. The van der Waals surface area contributed by atoms with Crippen LogP contribution in [0.25, 0.3) is 0 Å². The van der Waals surface area contributed by atoms with Gasteiger partial charge in [0, 0.05) is 83.0 Å². The van der Waals surface area contributed by atoms with E-state index in [0.717, 1.165) is 20.1 Å². The molecule has 0 bridgehead atoms. The van der Waals surface area contributed by atoms with Gasteiger partial charge in [-0.2, -0.15) is 0 Å². The smallest absolute Gasteiger partial charge is 0.591 e. The Morgan fingerprint density at radius 3 is 1.28 bits per heavy atom. The van der Waals surface area contributed by atoms with Crippen LogP contribution in [0, 0.1) is 0 Å². The van der Waals surface area contributed by atoms with Gasteiger partial charge in [-0.3, -0.25) is 20.2 Å². The van der Waals surface area contributed by atoms with Crippen LogP contribution in [0.15, 0.2) is 153 Å². The van der Waals surface area contributed by atoms with Crippen molar-refractivity contribution in [3.05, 3.63) is 144 Å². The van der Waals surface area contributed by atoms with Crippen molar-refractivity contribution < 1.29 is 97.1 Å². The van der Waals surface area contributed by atoms with Crippen LogP contribution >= 0.6 is 62.3 Å². The Balaban J connectivity index is 0.000000234. The molecule has 8 aromatic rings. The minimum Gasteiger partial charge on any atom is -0.591 e. The number of rotatable bonds is 14. The Labute approximate surface area is 428 Å². The van der Waals surface area contributed by atoms with E-state index in [4.69, 9.17) is 9.47 Å². The van der Waals surface area contributed by atoms with Crippen molar-refractivity contribution in [2.45, 2.75) is 20.1 Å². The summed E-state index contributed by atoms with van der Waals surface area (Å²) in [5.41, 5.74) is 0.785. The van der Waals surface area contributed by atoms with E-state index in [0.29, 0.717) is 44.4 Å². The largest absolute Gasteiger partial charge is 1.00 e. The monoisotopic (exact) mass is 986 g/mol. The summed E-state index contributed by atoms with van der Waals surface area (Å²) in [4.78, 5) is 66.0. The van der Waals surface area contributed by atoms with Gasteiger partial charge in [0.2, 0.25) is 0 Å². The van der Waals surface area contributed by atoms with Gasteiger partial charge in [0.15, 0.2) is 31.2 Å². The molecule has 0 spiro atoms. The summed E-state index contributed by atoms with van der Waals surface area (Å²) in [6.45, 7) is 0. The number of thiazole rings is 2. The fraction of sp³-hybridized carbons (Fsp3) is 0.0500. The number of ether oxygens (including phenoxy) is 2. The van der Waals surface area contributed by atoms with E-state index in [-0.39, 0.29) is 81.5 Å². The Morgan fingerprint density at radius 2 is 0.969 bits per heavy atom. The summed E-state index contributed by atoms with van der Waals surface area (Å²) in [5, 5.41) is 12.0. The molecule has 16 nitrogen and oxygen atoms in total. The molecule has 0 saturated heterocycles. The normalized spacial score (nSPS) is 10.9. The molecule has 8 rings (SSSR count). The number of nitrogens with zero attached hydrogens (tertiary/aromatic N) is 6. The molecule has 0 aliphatic carbocycles. The Bertz CT molecular complexity index is 2660. The molecule has 2 unspecified atom stereocenters. The molecule has 4 aromatic heterocycles. The van der Waals surface area contributed by atoms with Gasteiger partial charge >= 0.3 is 75.2 Å². The van der Waals surface area contributed by atoms with E-state index in [1.807, 2.05) is 35.6 Å². The van der Waals surface area contributed by atoms with Crippen LogP contribution in [-0.2, 0) is 23.2 Å². The van der Waals surface area contributed by atoms with Crippen LogP contribution in [0.4, 0.5) is 10.3 Å². The van der Waals surface area contributed by atoms with Crippen LogP contribution in [0.3, 0.4) is 0 Å². The third-order valence-electron chi connectivity index (χ3n) is 8.13. The molecular weight excluding hydrogens is 957 g/mol. The summed E-state index contributed by atoms with van der Waals surface area (Å²) in [7, 11) is -1.55. The summed E-state index contributed by atoms with van der Waals surface area (Å²) in [6.07, 6.45) is 10.3. The molecule has 2 atom stereocenters. The second-order valence-corrected chi connectivity index (χ2v) is 18.5. The van der Waals surface area contributed by atoms with E-state index in [2.05, 4.69) is 30.6 Å². The zero-order valence-electron chi connectivity index (χ0n) is 34.2. The standard InChI is InChI=1S/2C20H15N4O4PS2.2Na/c2*1-24-8-6-22-20(24)31-17-11-13(18(25)23-19-21-7-9-30-19)10-15(12-17)28-14-2-4-16(5-3-14)29(26)27;;/h2*2-12H,1H3,(H,21,23,25);;/q;;2*+1. The first-order valence-corrected chi connectivity index (χ1v) is 23.6. The second kappa shape index (κ2) is 24.4. The van der Waals surface area contributed by atoms with Crippen LogP contribution in [0.2, 0.25) is 0 Å². The summed E-state index contributed by atoms with van der Waals surface area (Å²) >= 11 is 5.43. The molecule has 0 fully saturated rings. The Morgan fingerprint density at radius 1 is 0.578 bits per heavy atom. The molecule has 0 saturated carbocycles. The number of amides is 2. The van der Waals surface area contributed by atoms with Gasteiger partial charge < -0.3 is 28.4 Å². The molecule has 2 N–H and O–H groups in total. The predicted molar refractivity (Wildman–Crippen MR) is 235 cm³/mol. The molecule has 2 amide bonds. The van der Waals surface area contributed by atoms with Gasteiger partial charge in [-0.15, -0.1) is 22.7 Å². The van der Waals surface area contributed by atoms with Crippen LogP contribution in [0.5, 0.6) is 23.0 Å². The minimum atomic E-state index is -2.66. The van der Waals surface area contributed by atoms with Gasteiger partial charge in [0.1, 0.15) is 23.0 Å². The first-order valence-electron chi connectivity index (χ1n) is 17.8. The molecule has 24 heteroatoms. The fourth-order valence-corrected chi connectivity index (χ4v) is 8.82. The summed E-state index contributed by atoms with van der Waals surface area (Å²) < 4.78 is 37.7. The number of anilines is 2. The number of carbonyl (C=O) groups excluding carboxylic acids is 2. The molecule has 0 aliphatic heterocycles. The van der Waals surface area contributed by atoms with E-state index in [9.17, 15) is 28.5 Å². The number of benzene rings is 4. The van der Waals surface area contributed by atoms with E-state index in [1.165, 1.54) is 70.5 Å². The maximum atomic E-state index is 12.8. The van der Waals surface area contributed by atoms with Gasteiger partial charge in [-0.1, -0.05) is 32.7 Å². The zero-order valence-corrected chi connectivity index (χ0v) is 43.2. The van der Waals surface area contributed by atoms with Crippen LogP contribution < -0.4 is 99.6 Å². The topological polar surface area (TPSA) is 218 Å². The van der Waals surface area contributed by atoms with E-state index in [1.54, 1.807) is 96.2 Å². The summed E-state index contributed by atoms with van der Waals surface area (Å²) in [5.74, 6) is 1.13. The number of nitrogens with one attached hydrogen (secondary N) is 2. The Hall–Kier alpha value is -4.08. The Kier molecular flexibility index (Phi) is 19.4. The number of aryl methyl sites for hydroxylation is 2. The van der Waals surface area contributed by atoms with Gasteiger partial charge in [-0.05, 0) is 84.9 Å². The number of hydrogen-bond donors (Lipinski definition) is 2. The third kappa shape index (κ3) is 14.5. The molecule has 4 aromatic carbocycles. The van der Waals surface area contributed by atoms with Crippen molar-refractivity contribution in [3.8, 4) is 23.0 Å². The first kappa shape index (κ1) is 50.9. The van der Waals surface area contributed by atoms with E-state index >= 15 is 0 Å². The van der Waals surface area contributed by atoms with Crippen molar-refractivity contribution in [1.82, 2.24) is 29.1 Å². The maximum absolute atomic E-state index is 12.8. The van der Waals surface area contributed by atoms with Crippen molar-refractivity contribution >= 4 is 94.9 Å². The average Bonchev–Trinajstić information content (AvgIpc) is 4.11. The number of aromatic nitrogens is 6. The van der Waals surface area contributed by atoms with Gasteiger partial charge in [-0.25, -0.2) is 19.9 Å². The van der Waals surface area contributed by atoms with E-state index < -0.39 is 16.1 Å². The molecule has 312 valence electrons. The molecule has 0 radical (unpaired) electrons. The number of carbonyl (C=O) groups is 2. The molecule has 4 heterocycles. The third-order valence-corrected chi connectivity index (χ3v) is 13.0. The quantitative estimate of drug-likeness (QED) is 0.117. The average molecular weight is 987 g/mol. The van der Waals surface area contributed by atoms with Crippen molar-refractivity contribution in [2.75, 3.05) is 10.6 Å². The second-order valence-electron chi connectivity index (χ2n) is 12.5. The number of hydrogen-bond acceptors (Lipinski definition) is 16.